The molecule has 5 rings (SSSR count). The number of rotatable bonds is 5. The topological polar surface area (TPSA) is 99.3 Å². The molecule has 6 nitrogen and oxygen atoms in total. The molecule has 1 fully saturated rings. The zero-order valence-corrected chi connectivity index (χ0v) is 24.0. The molecular formula is C29H30ClFN2O4S2. The van der Waals surface area contributed by atoms with E-state index in [4.69, 9.17) is 11.6 Å². The summed E-state index contributed by atoms with van der Waals surface area (Å²) in [5.41, 5.74) is 1.46. The largest absolute Gasteiger partial charge is 0.389 e. The number of hydrogen-bond donors (Lipinski definition) is 3. The van der Waals surface area contributed by atoms with Crippen LogP contribution in [0, 0.1) is 12.7 Å². The number of H-pyrrole nitrogens is 1. The van der Waals surface area contributed by atoms with Gasteiger partial charge in [0, 0.05) is 34.3 Å². The quantitative estimate of drug-likeness (QED) is 0.300. The average Bonchev–Trinajstić information content (AvgIpc) is 2.85. The van der Waals surface area contributed by atoms with Crippen LogP contribution in [-0.2, 0) is 9.84 Å². The van der Waals surface area contributed by atoms with E-state index in [1.807, 2.05) is 6.92 Å². The molecule has 39 heavy (non-hydrogen) atoms. The van der Waals surface area contributed by atoms with E-state index in [0.717, 1.165) is 17.4 Å². The van der Waals surface area contributed by atoms with Gasteiger partial charge < -0.3 is 15.4 Å². The molecule has 0 bridgehead atoms. The van der Waals surface area contributed by atoms with E-state index in [0.29, 0.717) is 40.0 Å². The number of sulfone groups is 1. The van der Waals surface area contributed by atoms with E-state index < -0.39 is 21.4 Å². The summed E-state index contributed by atoms with van der Waals surface area (Å²) in [7, 11) is -3.46. The first-order chi connectivity index (χ1) is 17.9. The van der Waals surface area contributed by atoms with Gasteiger partial charge in [-0.1, -0.05) is 29.8 Å². The number of halogens is 2. The second-order valence-corrected chi connectivity index (χ2v) is 12.6. The van der Waals surface area contributed by atoms with Gasteiger partial charge in [0.1, 0.15) is 5.82 Å². The summed E-state index contributed by atoms with van der Waals surface area (Å²) in [5.74, 6) is -1.06. The molecule has 0 spiro atoms. The Morgan fingerprint density at radius 3 is 2.46 bits per heavy atom. The summed E-state index contributed by atoms with van der Waals surface area (Å²) in [5, 5.41) is 16.8. The first kappa shape index (κ1) is 29.3. The average molecular weight is 589 g/mol. The van der Waals surface area contributed by atoms with Gasteiger partial charge in [-0.25, -0.2) is 12.8 Å². The maximum absolute atomic E-state index is 13.8. The number of pyridine rings is 1. The number of aryl methyl sites for hydroxylation is 1. The highest BCUT2D eigenvalue weighted by Crippen LogP contribution is 2.44. The van der Waals surface area contributed by atoms with Crippen molar-refractivity contribution < 1.29 is 17.9 Å². The number of piperidine rings is 1. The van der Waals surface area contributed by atoms with Gasteiger partial charge in [-0.3, -0.25) is 4.79 Å². The summed E-state index contributed by atoms with van der Waals surface area (Å²) >= 11 is 6.16. The summed E-state index contributed by atoms with van der Waals surface area (Å²) < 4.78 is 38.1. The molecule has 0 saturated carbocycles. The second-order valence-electron chi connectivity index (χ2n) is 10.1. The lowest BCUT2D eigenvalue weighted by molar-refractivity contribution is -0.0194. The fourth-order valence-electron chi connectivity index (χ4n) is 5.58. The molecular weight excluding hydrogens is 559 g/mol. The maximum Gasteiger partial charge on any atom is 0.252 e. The first-order valence-electron chi connectivity index (χ1n) is 12.3. The Morgan fingerprint density at radius 2 is 1.79 bits per heavy atom. The predicted octanol–water partition coefficient (Wildman–Crippen LogP) is 5.13. The Balaban J connectivity index is 0.00000353. The van der Waals surface area contributed by atoms with Crippen molar-refractivity contribution in [2.45, 2.75) is 42.2 Å². The molecule has 1 aliphatic heterocycles. The zero-order chi connectivity index (χ0) is 27.2. The standard InChI is InChI=1S/C29H28ClFN2O4S.H2S/c1-17-13-21(31)7-9-23(17)26-16-29(35,11-12-32-26)27(18-3-5-20(30)6-4-18)24-15-19-14-22(38(2,36)37)8-10-25(19)33-28(24)34;/h3-10,13-15,26-27,32,35H,11-12,16H2,1-2H3,(H,33,34);1H2. The summed E-state index contributed by atoms with van der Waals surface area (Å²) in [6, 6.07) is 17.6. The molecule has 0 aliphatic carbocycles. The molecule has 0 radical (unpaired) electrons. The van der Waals surface area contributed by atoms with Crippen molar-refractivity contribution >= 4 is 45.8 Å². The highest BCUT2D eigenvalue weighted by atomic mass is 35.5. The van der Waals surface area contributed by atoms with Crippen molar-refractivity contribution in [3.05, 3.63) is 110 Å². The number of aromatic amines is 1. The van der Waals surface area contributed by atoms with Gasteiger partial charge in [-0.05, 0) is 96.9 Å². The lowest BCUT2D eigenvalue weighted by Gasteiger charge is -2.43. The van der Waals surface area contributed by atoms with Gasteiger partial charge in [0.05, 0.1) is 10.5 Å². The van der Waals surface area contributed by atoms with Crippen LogP contribution in [0.1, 0.15) is 47.1 Å². The van der Waals surface area contributed by atoms with Crippen LogP contribution >= 0.6 is 25.1 Å². The van der Waals surface area contributed by atoms with E-state index >= 15 is 0 Å². The minimum absolute atomic E-state index is 0. The highest BCUT2D eigenvalue weighted by molar-refractivity contribution is 7.90. The van der Waals surface area contributed by atoms with Crippen LogP contribution in [0.25, 0.3) is 10.9 Å². The third-order valence-electron chi connectivity index (χ3n) is 7.44. The smallest absolute Gasteiger partial charge is 0.252 e. The molecule has 2 heterocycles. The third kappa shape index (κ3) is 5.93. The fourth-order valence-corrected chi connectivity index (χ4v) is 6.37. The predicted molar refractivity (Wildman–Crippen MR) is 157 cm³/mol. The molecule has 4 aromatic rings. The second kappa shape index (κ2) is 11.1. The number of hydrogen-bond acceptors (Lipinski definition) is 5. The van der Waals surface area contributed by atoms with Gasteiger partial charge in [0.25, 0.3) is 5.56 Å². The van der Waals surface area contributed by atoms with Crippen molar-refractivity contribution in [2.24, 2.45) is 0 Å². The van der Waals surface area contributed by atoms with Crippen molar-refractivity contribution in [1.82, 2.24) is 10.3 Å². The Labute approximate surface area is 238 Å². The Bertz CT molecular complexity index is 1690. The van der Waals surface area contributed by atoms with Crippen LogP contribution in [0.15, 0.2) is 76.4 Å². The van der Waals surface area contributed by atoms with E-state index in [2.05, 4.69) is 10.3 Å². The van der Waals surface area contributed by atoms with Crippen LogP contribution in [0.2, 0.25) is 5.02 Å². The molecule has 3 atom stereocenters. The molecule has 3 aromatic carbocycles. The van der Waals surface area contributed by atoms with Crippen LogP contribution in [0.4, 0.5) is 4.39 Å². The SMILES string of the molecule is Cc1cc(F)ccc1C1CC(O)(C(c2ccc(Cl)cc2)c2cc3cc(S(C)(=O)=O)ccc3[nH]c2=O)CCN1.S. The lowest BCUT2D eigenvalue weighted by atomic mass is 9.70. The lowest BCUT2D eigenvalue weighted by Crippen LogP contribution is -2.49. The van der Waals surface area contributed by atoms with Crippen molar-refractivity contribution in [2.75, 3.05) is 12.8 Å². The zero-order valence-electron chi connectivity index (χ0n) is 21.5. The Kier molecular flexibility index (Phi) is 8.31. The fraction of sp³-hybridized carbons (Fsp3) is 0.276. The van der Waals surface area contributed by atoms with Gasteiger partial charge in [-0.2, -0.15) is 13.5 Å². The molecule has 3 N–H and O–H groups in total. The highest BCUT2D eigenvalue weighted by Gasteiger charge is 2.44. The molecule has 0 amide bonds. The molecule has 10 heteroatoms. The molecule has 206 valence electrons. The normalized spacial score (nSPS) is 20.4. The van der Waals surface area contributed by atoms with Crippen molar-refractivity contribution in [3.63, 3.8) is 0 Å². The van der Waals surface area contributed by atoms with Crippen LogP contribution in [-0.4, -0.2) is 36.9 Å². The van der Waals surface area contributed by atoms with Crippen molar-refractivity contribution in [3.8, 4) is 0 Å². The Morgan fingerprint density at radius 1 is 1.08 bits per heavy atom. The minimum Gasteiger partial charge on any atom is -0.389 e. The van der Waals surface area contributed by atoms with Gasteiger partial charge in [-0.15, -0.1) is 0 Å². The van der Waals surface area contributed by atoms with Gasteiger partial charge in [0.15, 0.2) is 9.84 Å². The number of aromatic nitrogens is 1. The summed E-state index contributed by atoms with van der Waals surface area (Å²) in [4.78, 5) is 16.5. The Hall–Kier alpha value is -2.69. The third-order valence-corrected chi connectivity index (χ3v) is 8.80. The number of fused-ring (bicyclic) bond motifs is 1. The molecule has 1 saturated heterocycles. The number of benzene rings is 3. The van der Waals surface area contributed by atoms with E-state index in [-0.39, 0.29) is 42.2 Å². The maximum atomic E-state index is 13.8. The van der Waals surface area contributed by atoms with E-state index in [9.17, 15) is 22.7 Å². The first-order valence-corrected chi connectivity index (χ1v) is 14.6. The van der Waals surface area contributed by atoms with Crippen LogP contribution < -0.4 is 10.9 Å². The number of nitrogens with one attached hydrogen (secondary N) is 2. The number of aliphatic hydroxyl groups is 1. The molecule has 1 aromatic heterocycles. The van der Waals surface area contributed by atoms with Gasteiger partial charge >= 0.3 is 0 Å². The summed E-state index contributed by atoms with van der Waals surface area (Å²) in [6.07, 6.45) is 1.76. The summed E-state index contributed by atoms with van der Waals surface area (Å²) in [6.45, 7) is 2.31. The van der Waals surface area contributed by atoms with E-state index in [1.54, 1.807) is 42.5 Å². The van der Waals surface area contributed by atoms with Crippen LogP contribution in [0.5, 0.6) is 0 Å². The van der Waals surface area contributed by atoms with E-state index in [1.165, 1.54) is 24.3 Å². The molecule has 3 unspecified atom stereocenters. The molecule has 1 aliphatic rings. The van der Waals surface area contributed by atoms with Crippen LogP contribution in [0.3, 0.4) is 0 Å². The van der Waals surface area contributed by atoms with Gasteiger partial charge in [0.2, 0.25) is 0 Å². The van der Waals surface area contributed by atoms with Crippen molar-refractivity contribution in [1.29, 1.82) is 0 Å². The minimum atomic E-state index is -3.46. The monoisotopic (exact) mass is 588 g/mol.